The smallest absolute Gasteiger partial charge is 0.338 e. The van der Waals surface area contributed by atoms with Crippen molar-refractivity contribution in [1.29, 1.82) is 0 Å². The number of thiazole rings is 1. The molecular formula is C33H29F4N3O5S. The normalized spacial score (nSPS) is 14.5. The third-order valence-electron chi connectivity index (χ3n) is 7.29. The Labute approximate surface area is 265 Å². The molecule has 0 radical (unpaired) electrons. The number of aromatic nitrogens is 1. The van der Waals surface area contributed by atoms with Gasteiger partial charge in [0.25, 0.3) is 5.56 Å². The van der Waals surface area contributed by atoms with Gasteiger partial charge in [0.05, 0.1) is 35.6 Å². The maximum atomic E-state index is 14.2. The Morgan fingerprint density at radius 1 is 1.04 bits per heavy atom. The van der Waals surface area contributed by atoms with Crippen LogP contribution < -0.4 is 29.3 Å². The lowest BCUT2D eigenvalue weighted by Crippen LogP contribution is -2.39. The van der Waals surface area contributed by atoms with E-state index in [0.717, 1.165) is 17.0 Å². The van der Waals surface area contributed by atoms with Gasteiger partial charge in [0, 0.05) is 31.4 Å². The minimum atomic E-state index is -1.67. The lowest BCUT2D eigenvalue weighted by Gasteiger charge is -2.25. The van der Waals surface area contributed by atoms with E-state index in [2.05, 4.69) is 4.99 Å². The fraction of sp³-hybridized carbons (Fsp3) is 0.242. The number of halogens is 4. The average Bonchev–Trinajstić information content (AvgIpc) is 3.33. The molecule has 3 aromatic carbocycles. The summed E-state index contributed by atoms with van der Waals surface area (Å²) in [5, 5.41) is 0. The summed E-state index contributed by atoms with van der Waals surface area (Å²) in [6.45, 7) is 3.02. The van der Waals surface area contributed by atoms with Crippen molar-refractivity contribution < 1.29 is 36.6 Å². The van der Waals surface area contributed by atoms with Gasteiger partial charge in [-0.15, -0.1) is 0 Å². The molecule has 13 heteroatoms. The number of methoxy groups -OCH3 is 1. The van der Waals surface area contributed by atoms with Crippen molar-refractivity contribution in [3.63, 3.8) is 0 Å². The molecule has 1 unspecified atom stereocenters. The third kappa shape index (κ3) is 6.14. The highest BCUT2D eigenvalue weighted by Gasteiger charge is 2.33. The lowest BCUT2D eigenvalue weighted by atomic mass is 9.95. The Hall–Kier alpha value is -4.91. The molecule has 1 aromatic heterocycles. The summed E-state index contributed by atoms with van der Waals surface area (Å²) in [5.74, 6) is -8.05. The second kappa shape index (κ2) is 13.2. The number of anilines is 1. The van der Waals surface area contributed by atoms with Crippen LogP contribution in [0.5, 0.6) is 11.5 Å². The molecule has 4 aromatic rings. The molecule has 0 bridgehead atoms. The molecule has 0 N–H and O–H groups in total. The summed E-state index contributed by atoms with van der Waals surface area (Å²) in [5.41, 5.74) is 2.65. The van der Waals surface area contributed by atoms with E-state index in [-0.39, 0.29) is 34.1 Å². The van der Waals surface area contributed by atoms with E-state index in [1.165, 1.54) is 11.7 Å². The molecule has 0 amide bonds. The van der Waals surface area contributed by atoms with Crippen LogP contribution in [0.4, 0.5) is 23.2 Å². The van der Waals surface area contributed by atoms with Crippen LogP contribution in [-0.4, -0.2) is 38.3 Å². The Morgan fingerprint density at radius 2 is 1.72 bits per heavy atom. The second-order valence-corrected chi connectivity index (χ2v) is 11.5. The van der Waals surface area contributed by atoms with Crippen molar-refractivity contribution in [3.8, 4) is 11.5 Å². The topological polar surface area (TPSA) is 82.4 Å². The van der Waals surface area contributed by atoms with E-state index in [1.54, 1.807) is 38.1 Å². The van der Waals surface area contributed by atoms with Crippen molar-refractivity contribution in [2.45, 2.75) is 26.5 Å². The molecule has 5 rings (SSSR count). The minimum absolute atomic E-state index is 0.0925. The SMILES string of the molecule is CCOC(=O)C1=C(C)N=c2s/c(=C\c3ccc(OC)c(COc4c(F)c(F)cc(F)c4F)c3)c(=O)n2C1c1ccc(N(C)C)cc1. The molecule has 0 saturated heterocycles. The highest BCUT2D eigenvalue weighted by molar-refractivity contribution is 7.07. The minimum Gasteiger partial charge on any atom is -0.496 e. The average molecular weight is 656 g/mol. The molecule has 2 heterocycles. The largest absolute Gasteiger partial charge is 0.496 e. The van der Waals surface area contributed by atoms with Gasteiger partial charge in [0.1, 0.15) is 12.4 Å². The van der Waals surface area contributed by atoms with E-state index < -0.39 is 53.2 Å². The zero-order chi connectivity index (χ0) is 33.3. The number of nitrogens with zero attached hydrogens (tertiary/aromatic N) is 3. The molecule has 0 aliphatic carbocycles. The molecule has 0 spiro atoms. The summed E-state index contributed by atoms with van der Waals surface area (Å²) in [4.78, 5) is 34.0. The quantitative estimate of drug-likeness (QED) is 0.143. The highest BCUT2D eigenvalue weighted by Crippen LogP contribution is 2.32. The first-order valence-corrected chi connectivity index (χ1v) is 14.9. The molecule has 0 saturated carbocycles. The van der Waals surface area contributed by atoms with Crippen LogP contribution >= 0.6 is 11.3 Å². The number of hydrogen-bond donors (Lipinski definition) is 0. The molecule has 1 aliphatic rings. The van der Waals surface area contributed by atoms with Crippen molar-refractivity contribution in [2.24, 2.45) is 4.99 Å². The number of carbonyl (C=O) groups excluding carboxylic acids is 1. The van der Waals surface area contributed by atoms with Crippen LogP contribution in [0.2, 0.25) is 0 Å². The number of allylic oxidation sites excluding steroid dienone is 1. The van der Waals surface area contributed by atoms with Crippen molar-refractivity contribution >= 4 is 29.1 Å². The van der Waals surface area contributed by atoms with Crippen LogP contribution in [0, 0.1) is 23.3 Å². The highest BCUT2D eigenvalue weighted by atomic mass is 32.1. The van der Waals surface area contributed by atoms with E-state index in [1.807, 2.05) is 43.3 Å². The number of ether oxygens (including phenoxy) is 3. The maximum absolute atomic E-state index is 14.2. The predicted molar refractivity (Wildman–Crippen MR) is 165 cm³/mol. The van der Waals surface area contributed by atoms with Gasteiger partial charge in [-0.05, 0) is 55.3 Å². The third-order valence-corrected chi connectivity index (χ3v) is 8.27. The summed E-state index contributed by atoms with van der Waals surface area (Å²) in [6, 6.07) is 11.5. The molecule has 1 aliphatic heterocycles. The van der Waals surface area contributed by atoms with E-state index >= 15 is 0 Å². The Kier molecular flexibility index (Phi) is 9.33. The van der Waals surface area contributed by atoms with Gasteiger partial charge in [0.2, 0.25) is 11.6 Å². The zero-order valence-electron chi connectivity index (χ0n) is 25.5. The Balaban J connectivity index is 1.58. The monoisotopic (exact) mass is 655 g/mol. The number of carbonyl (C=O) groups is 1. The first-order chi connectivity index (χ1) is 21.9. The first-order valence-electron chi connectivity index (χ1n) is 14.0. The Morgan fingerprint density at radius 3 is 2.33 bits per heavy atom. The summed E-state index contributed by atoms with van der Waals surface area (Å²) in [7, 11) is 5.18. The fourth-order valence-corrected chi connectivity index (χ4v) is 6.09. The van der Waals surface area contributed by atoms with Crippen LogP contribution in [0.25, 0.3) is 6.08 Å². The van der Waals surface area contributed by atoms with E-state index in [4.69, 9.17) is 14.2 Å². The van der Waals surface area contributed by atoms with Gasteiger partial charge >= 0.3 is 5.97 Å². The maximum Gasteiger partial charge on any atom is 0.338 e. The van der Waals surface area contributed by atoms with Crippen molar-refractivity contribution in [3.05, 3.63) is 119 Å². The van der Waals surface area contributed by atoms with Gasteiger partial charge in [-0.2, -0.15) is 8.78 Å². The second-order valence-electron chi connectivity index (χ2n) is 10.4. The van der Waals surface area contributed by atoms with Crippen LogP contribution in [0.15, 0.2) is 69.6 Å². The van der Waals surface area contributed by atoms with Gasteiger partial charge in [-0.3, -0.25) is 9.36 Å². The molecule has 46 heavy (non-hydrogen) atoms. The van der Waals surface area contributed by atoms with Crippen LogP contribution in [-0.2, 0) is 16.1 Å². The number of esters is 1. The number of hydrogen-bond acceptors (Lipinski definition) is 8. The van der Waals surface area contributed by atoms with Crippen LogP contribution in [0.3, 0.4) is 0 Å². The lowest BCUT2D eigenvalue weighted by molar-refractivity contribution is -0.139. The van der Waals surface area contributed by atoms with Crippen molar-refractivity contribution in [1.82, 2.24) is 4.57 Å². The van der Waals surface area contributed by atoms with Gasteiger partial charge in [-0.1, -0.05) is 29.5 Å². The standard InChI is InChI=1S/C33H29F4N3O5S/c1-6-44-32(42)26-17(2)38-33-40(29(26)19-8-10-21(11-9-19)39(3)4)31(41)25(46-33)14-18-7-12-24(43-5)20(13-18)16-45-30-27(36)22(34)15-23(35)28(30)37/h7-15,29H,6,16H2,1-5H3/b25-14-. The molecule has 240 valence electrons. The van der Waals surface area contributed by atoms with Gasteiger partial charge in [-0.25, -0.2) is 18.6 Å². The Bertz CT molecular complexity index is 2010. The molecular weight excluding hydrogens is 626 g/mol. The van der Waals surface area contributed by atoms with E-state index in [9.17, 15) is 27.2 Å². The molecule has 0 fully saturated rings. The van der Waals surface area contributed by atoms with Crippen molar-refractivity contribution in [2.75, 3.05) is 32.7 Å². The summed E-state index contributed by atoms with van der Waals surface area (Å²) in [6.07, 6.45) is 1.59. The number of rotatable bonds is 9. The first kappa shape index (κ1) is 32.5. The van der Waals surface area contributed by atoms with Crippen LogP contribution in [0.1, 0.15) is 36.6 Å². The van der Waals surface area contributed by atoms with Gasteiger partial charge < -0.3 is 19.1 Å². The summed E-state index contributed by atoms with van der Waals surface area (Å²) < 4.78 is 73.3. The fourth-order valence-electron chi connectivity index (χ4n) is 5.04. The van der Waals surface area contributed by atoms with Gasteiger partial charge in [0.15, 0.2) is 22.2 Å². The number of benzene rings is 3. The van der Waals surface area contributed by atoms with E-state index in [0.29, 0.717) is 21.6 Å². The zero-order valence-corrected chi connectivity index (χ0v) is 26.3. The number of fused-ring (bicyclic) bond motifs is 1. The molecule has 8 nitrogen and oxygen atoms in total. The molecule has 1 atom stereocenters. The summed E-state index contributed by atoms with van der Waals surface area (Å²) >= 11 is 1.12. The predicted octanol–water partition coefficient (Wildman–Crippen LogP) is 5.01.